The van der Waals surface area contributed by atoms with Crippen molar-refractivity contribution < 1.29 is 0 Å². The standard InChI is InChI=1S/C10H21N5/c1-4-6-12-10-13-9(11)15(14-10)7-5-8(2)3/h8H,4-7H2,1-3H3,(H3,11,12,13,14). The summed E-state index contributed by atoms with van der Waals surface area (Å²) in [5, 5.41) is 7.41. The Kier molecular flexibility index (Phi) is 4.39. The minimum Gasteiger partial charge on any atom is -0.368 e. The Hall–Kier alpha value is -1.26. The molecule has 1 aromatic heterocycles. The predicted molar refractivity (Wildman–Crippen MR) is 62.7 cm³/mol. The fourth-order valence-electron chi connectivity index (χ4n) is 1.21. The van der Waals surface area contributed by atoms with E-state index in [1.54, 1.807) is 4.68 Å². The van der Waals surface area contributed by atoms with E-state index in [1.165, 1.54) is 0 Å². The molecule has 5 nitrogen and oxygen atoms in total. The number of aryl methyl sites for hydroxylation is 1. The average molecular weight is 211 g/mol. The Balaban J connectivity index is 2.52. The van der Waals surface area contributed by atoms with Crippen molar-refractivity contribution in [3.8, 4) is 0 Å². The molecule has 0 aliphatic heterocycles. The van der Waals surface area contributed by atoms with Gasteiger partial charge in [-0.1, -0.05) is 20.8 Å². The average Bonchev–Trinajstić information content (AvgIpc) is 2.53. The molecule has 0 atom stereocenters. The first kappa shape index (κ1) is 11.8. The summed E-state index contributed by atoms with van der Waals surface area (Å²) < 4.78 is 1.76. The molecule has 0 amide bonds. The third kappa shape index (κ3) is 3.77. The molecule has 0 saturated carbocycles. The molecular formula is C10H21N5. The van der Waals surface area contributed by atoms with E-state index in [-0.39, 0.29) is 0 Å². The van der Waals surface area contributed by atoms with Crippen LogP contribution in [0.4, 0.5) is 11.9 Å². The van der Waals surface area contributed by atoms with E-state index in [2.05, 4.69) is 36.2 Å². The van der Waals surface area contributed by atoms with Gasteiger partial charge in [0.15, 0.2) is 0 Å². The number of rotatable bonds is 6. The van der Waals surface area contributed by atoms with Crippen LogP contribution >= 0.6 is 0 Å². The van der Waals surface area contributed by atoms with Gasteiger partial charge in [0.05, 0.1) is 0 Å². The van der Waals surface area contributed by atoms with Crippen molar-refractivity contribution in [3.05, 3.63) is 0 Å². The highest BCUT2D eigenvalue weighted by Gasteiger charge is 2.06. The fraction of sp³-hybridized carbons (Fsp3) is 0.800. The summed E-state index contributed by atoms with van der Waals surface area (Å²) in [4.78, 5) is 4.14. The van der Waals surface area contributed by atoms with Gasteiger partial charge in [0.1, 0.15) is 0 Å². The molecule has 0 aliphatic rings. The largest absolute Gasteiger partial charge is 0.368 e. The highest BCUT2D eigenvalue weighted by Crippen LogP contribution is 2.08. The number of hydrogen-bond donors (Lipinski definition) is 2. The maximum Gasteiger partial charge on any atom is 0.243 e. The third-order valence-corrected chi connectivity index (χ3v) is 2.15. The Bertz CT molecular complexity index is 292. The second-order valence-electron chi connectivity index (χ2n) is 4.13. The molecule has 0 unspecified atom stereocenters. The van der Waals surface area contributed by atoms with Crippen LogP contribution in [0.1, 0.15) is 33.6 Å². The van der Waals surface area contributed by atoms with Gasteiger partial charge in [0.25, 0.3) is 0 Å². The summed E-state index contributed by atoms with van der Waals surface area (Å²) >= 11 is 0. The van der Waals surface area contributed by atoms with Crippen LogP contribution in [0.2, 0.25) is 0 Å². The maximum absolute atomic E-state index is 5.75. The normalized spacial score (nSPS) is 10.9. The summed E-state index contributed by atoms with van der Waals surface area (Å²) in [6.07, 6.45) is 2.13. The molecule has 0 fully saturated rings. The molecular weight excluding hydrogens is 190 g/mol. The third-order valence-electron chi connectivity index (χ3n) is 2.15. The number of hydrogen-bond acceptors (Lipinski definition) is 4. The van der Waals surface area contributed by atoms with E-state index in [1.807, 2.05) is 0 Å². The molecule has 3 N–H and O–H groups in total. The van der Waals surface area contributed by atoms with Gasteiger partial charge in [-0.05, 0) is 18.8 Å². The van der Waals surface area contributed by atoms with Crippen LogP contribution in [0.5, 0.6) is 0 Å². The van der Waals surface area contributed by atoms with Gasteiger partial charge in [-0.15, -0.1) is 5.10 Å². The van der Waals surface area contributed by atoms with Gasteiger partial charge in [-0.2, -0.15) is 4.98 Å². The van der Waals surface area contributed by atoms with E-state index in [4.69, 9.17) is 5.73 Å². The van der Waals surface area contributed by atoms with Crippen molar-refractivity contribution in [2.45, 2.75) is 40.2 Å². The Morgan fingerprint density at radius 2 is 2.20 bits per heavy atom. The van der Waals surface area contributed by atoms with Crippen LogP contribution in [0.15, 0.2) is 0 Å². The van der Waals surface area contributed by atoms with Crippen LogP contribution in [0.3, 0.4) is 0 Å². The molecule has 0 bridgehead atoms. The Labute approximate surface area is 91.1 Å². The summed E-state index contributed by atoms with van der Waals surface area (Å²) in [5.41, 5.74) is 5.75. The van der Waals surface area contributed by atoms with Crippen molar-refractivity contribution in [2.24, 2.45) is 5.92 Å². The Morgan fingerprint density at radius 1 is 1.47 bits per heavy atom. The molecule has 86 valence electrons. The smallest absolute Gasteiger partial charge is 0.243 e. The van der Waals surface area contributed by atoms with Gasteiger partial charge in [0.2, 0.25) is 11.9 Å². The second kappa shape index (κ2) is 5.58. The van der Waals surface area contributed by atoms with Gasteiger partial charge < -0.3 is 11.1 Å². The molecule has 5 heteroatoms. The van der Waals surface area contributed by atoms with E-state index >= 15 is 0 Å². The highest BCUT2D eigenvalue weighted by molar-refractivity contribution is 5.31. The maximum atomic E-state index is 5.75. The summed E-state index contributed by atoms with van der Waals surface area (Å²) in [6, 6.07) is 0. The quantitative estimate of drug-likeness (QED) is 0.752. The number of nitrogen functional groups attached to an aromatic ring is 1. The first-order chi connectivity index (χ1) is 7.13. The van der Waals surface area contributed by atoms with Gasteiger partial charge in [0, 0.05) is 13.1 Å². The molecule has 1 aromatic rings. The minimum atomic E-state index is 0.495. The summed E-state index contributed by atoms with van der Waals surface area (Å²) in [5.74, 6) is 1.79. The lowest BCUT2D eigenvalue weighted by Gasteiger charge is -2.04. The van der Waals surface area contributed by atoms with Gasteiger partial charge in [-0.25, -0.2) is 4.68 Å². The van der Waals surface area contributed by atoms with Crippen molar-refractivity contribution in [3.63, 3.8) is 0 Å². The summed E-state index contributed by atoms with van der Waals surface area (Å²) in [7, 11) is 0. The zero-order valence-corrected chi connectivity index (χ0v) is 9.82. The minimum absolute atomic E-state index is 0.495. The van der Waals surface area contributed by atoms with Crippen LogP contribution < -0.4 is 11.1 Å². The highest BCUT2D eigenvalue weighted by atomic mass is 15.4. The fourth-order valence-corrected chi connectivity index (χ4v) is 1.21. The van der Waals surface area contributed by atoms with Crippen molar-refractivity contribution in [1.29, 1.82) is 0 Å². The van der Waals surface area contributed by atoms with Gasteiger partial charge >= 0.3 is 0 Å². The molecule has 1 rings (SSSR count). The molecule has 15 heavy (non-hydrogen) atoms. The van der Waals surface area contributed by atoms with Crippen LogP contribution in [0, 0.1) is 5.92 Å². The lowest BCUT2D eigenvalue weighted by molar-refractivity contribution is 0.491. The number of nitrogens with one attached hydrogen (secondary N) is 1. The van der Waals surface area contributed by atoms with E-state index in [0.29, 0.717) is 17.8 Å². The first-order valence-electron chi connectivity index (χ1n) is 5.57. The molecule has 0 aromatic carbocycles. The zero-order valence-electron chi connectivity index (χ0n) is 9.82. The number of nitrogens with zero attached hydrogens (tertiary/aromatic N) is 3. The van der Waals surface area contributed by atoms with Crippen molar-refractivity contribution in [2.75, 3.05) is 17.6 Å². The number of aromatic nitrogens is 3. The van der Waals surface area contributed by atoms with Crippen LogP contribution in [0.25, 0.3) is 0 Å². The number of nitrogens with two attached hydrogens (primary N) is 1. The SMILES string of the molecule is CCCNc1nc(N)n(CCC(C)C)n1. The lowest BCUT2D eigenvalue weighted by Crippen LogP contribution is -2.07. The lowest BCUT2D eigenvalue weighted by atomic mass is 10.1. The molecule has 0 aliphatic carbocycles. The van der Waals surface area contributed by atoms with E-state index in [9.17, 15) is 0 Å². The van der Waals surface area contributed by atoms with Gasteiger partial charge in [-0.3, -0.25) is 0 Å². The predicted octanol–water partition coefficient (Wildman–Crippen LogP) is 1.73. The topological polar surface area (TPSA) is 68.8 Å². The first-order valence-corrected chi connectivity index (χ1v) is 5.57. The van der Waals surface area contributed by atoms with E-state index in [0.717, 1.165) is 25.9 Å². The van der Waals surface area contributed by atoms with Crippen molar-refractivity contribution >= 4 is 11.9 Å². The molecule has 1 heterocycles. The molecule has 0 saturated heterocycles. The zero-order chi connectivity index (χ0) is 11.3. The summed E-state index contributed by atoms with van der Waals surface area (Å²) in [6.45, 7) is 8.19. The van der Waals surface area contributed by atoms with Crippen molar-refractivity contribution in [1.82, 2.24) is 14.8 Å². The van der Waals surface area contributed by atoms with E-state index < -0.39 is 0 Å². The second-order valence-corrected chi connectivity index (χ2v) is 4.13. The molecule has 0 spiro atoms. The van der Waals surface area contributed by atoms with Crippen LogP contribution in [-0.4, -0.2) is 21.3 Å². The monoisotopic (exact) mass is 211 g/mol. The Morgan fingerprint density at radius 3 is 2.80 bits per heavy atom. The molecule has 0 radical (unpaired) electrons. The van der Waals surface area contributed by atoms with Crippen LogP contribution in [-0.2, 0) is 6.54 Å². The number of anilines is 2.